The van der Waals surface area contributed by atoms with Crippen molar-refractivity contribution >= 4 is 39.1 Å². The molecule has 0 spiro atoms. The molecule has 3 heterocycles. The summed E-state index contributed by atoms with van der Waals surface area (Å²) in [6.07, 6.45) is 1.56. The molecule has 0 amide bonds. The van der Waals surface area contributed by atoms with Crippen molar-refractivity contribution in [2.24, 2.45) is 0 Å². The Morgan fingerprint density at radius 3 is 2.72 bits per heavy atom. The van der Waals surface area contributed by atoms with Gasteiger partial charge in [-0.05, 0) is 23.8 Å². The SMILES string of the molecule is O=C(CSc1ncnc2scc(-c3ccccc3)c12)c1ccc2c(c1)OCCO2. The van der Waals surface area contributed by atoms with Gasteiger partial charge in [-0.25, -0.2) is 9.97 Å². The third-order valence-corrected chi connectivity index (χ3v) is 6.50. The van der Waals surface area contributed by atoms with Gasteiger partial charge in [0.1, 0.15) is 29.4 Å². The van der Waals surface area contributed by atoms with Crippen molar-refractivity contribution in [1.82, 2.24) is 9.97 Å². The van der Waals surface area contributed by atoms with Crippen molar-refractivity contribution < 1.29 is 14.3 Å². The van der Waals surface area contributed by atoms with Crippen LogP contribution in [0.15, 0.2) is 65.3 Å². The summed E-state index contributed by atoms with van der Waals surface area (Å²) in [5.41, 5.74) is 2.83. The largest absolute Gasteiger partial charge is 0.486 e. The van der Waals surface area contributed by atoms with Crippen LogP contribution in [0.2, 0.25) is 0 Å². The lowest BCUT2D eigenvalue weighted by atomic mass is 10.1. The Labute approximate surface area is 175 Å². The summed E-state index contributed by atoms with van der Waals surface area (Å²) in [6, 6.07) is 15.5. The maximum absolute atomic E-state index is 12.8. The fraction of sp³-hybridized carbons (Fsp3) is 0.136. The molecule has 0 aliphatic carbocycles. The van der Waals surface area contributed by atoms with E-state index in [0.717, 1.165) is 26.4 Å². The minimum Gasteiger partial charge on any atom is -0.486 e. The lowest BCUT2D eigenvalue weighted by Gasteiger charge is -2.18. The second kappa shape index (κ2) is 7.85. The Bertz CT molecular complexity index is 1190. The Kier molecular flexibility index (Phi) is 4.91. The van der Waals surface area contributed by atoms with Crippen LogP contribution in [0.3, 0.4) is 0 Å². The quantitative estimate of drug-likeness (QED) is 0.254. The van der Waals surface area contributed by atoms with E-state index in [1.807, 2.05) is 18.2 Å². The third kappa shape index (κ3) is 3.59. The topological polar surface area (TPSA) is 61.3 Å². The molecular formula is C22H16N2O3S2. The number of hydrogen-bond donors (Lipinski definition) is 0. The highest BCUT2D eigenvalue weighted by atomic mass is 32.2. The summed E-state index contributed by atoms with van der Waals surface area (Å²) in [7, 11) is 0. The van der Waals surface area contributed by atoms with Crippen molar-refractivity contribution in [3.8, 4) is 22.6 Å². The van der Waals surface area contributed by atoms with E-state index in [2.05, 4.69) is 27.5 Å². The number of ketones is 1. The van der Waals surface area contributed by atoms with Crippen LogP contribution >= 0.6 is 23.1 Å². The Balaban J connectivity index is 1.41. The summed E-state index contributed by atoms with van der Waals surface area (Å²) in [4.78, 5) is 22.6. The van der Waals surface area contributed by atoms with Gasteiger partial charge in [-0.3, -0.25) is 4.79 Å². The third-order valence-electron chi connectivity index (χ3n) is 4.62. The lowest BCUT2D eigenvalue weighted by molar-refractivity contribution is 0.102. The molecule has 0 N–H and O–H groups in total. The van der Waals surface area contributed by atoms with Gasteiger partial charge in [-0.15, -0.1) is 11.3 Å². The molecule has 0 saturated heterocycles. The molecule has 5 rings (SSSR count). The molecule has 0 unspecified atom stereocenters. The highest BCUT2D eigenvalue weighted by Crippen LogP contribution is 2.38. The number of aromatic nitrogens is 2. The van der Waals surface area contributed by atoms with E-state index in [0.29, 0.717) is 30.3 Å². The molecular weight excluding hydrogens is 404 g/mol. The van der Waals surface area contributed by atoms with Gasteiger partial charge in [0.05, 0.1) is 11.1 Å². The monoisotopic (exact) mass is 420 g/mol. The van der Waals surface area contributed by atoms with Gasteiger partial charge in [0.15, 0.2) is 17.3 Å². The van der Waals surface area contributed by atoms with Crippen LogP contribution in [0.4, 0.5) is 0 Å². The normalized spacial score (nSPS) is 12.8. The second-order valence-corrected chi connectivity index (χ2v) is 8.27. The maximum Gasteiger partial charge on any atom is 0.173 e. The predicted octanol–water partition coefficient (Wildman–Crippen LogP) is 5.10. The van der Waals surface area contributed by atoms with Crippen molar-refractivity contribution in [2.45, 2.75) is 5.03 Å². The summed E-state index contributed by atoms with van der Waals surface area (Å²) in [5, 5.41) is 3.92. The van der Waals surface area contributed by atoms with Crippen molar-refractivity contribution in [2.75, 3.05) is 19.0 Å². The molecule has 4 aromatic rings. The summed E-state index contributed by atoms with van der Waals surface area (Å²) in [6.45, 7) is 1.03. The number of benzene rings is 2. The first-order valence-electron chi connectivity index (χ1n) is 9.13. The number of carbonyl (C=O) groups excluding carboxylic acids is 1. The number of hydrogen-bond acceptors (Lipinski definition) is 7. The maximum atomic E-state index is 12.8. The Hall–Kier alpha value is -2.90. The van der Waals surface area contributed by atoms with Gasteiger partial charge in [-0.2, -0.15) is 0 Å². The van der Waals surface area contributed by atoms with Crippen LogP contribution in [0, 0.1) is 0 Å². The zero-order valence-electron chi connectivity index (χ0n) is 15.3. The molecule has 1 aliphatic heterocycles. The van der Waals surface area contributed by atoms with E-state index in [-0.39, 0.29) is 11.5 Å². The van der Waals surface area contributed by atoms with E-state index in [1.165, 1.54) is 11.8 Å². The van der Waals surface area contributed by atoms with E-state index in [9.17, 15) is 4.79 Å². The summed E-state index contributed by atoms with van der Waals surface area (Å²) in [5.74, 6) is 1.62. The number of Topliss-reactive ketones (excluding diaryl/α,β-unsaturated/α-hetero) is 1. The first-order valence-corrected chi connectivity index (χ1v) is 11.0. The van der Waals surface area contributed by atoms with Gasteiger partial charge in [0.2, 0.25) is 0 Å². The Morgan fingerprint density at radius 1 is 1.03 bits per heavy atom. The molecule has 144 valence electrons. The molecule has 2 aromatic carbocycles. The number of rotatable bonds is 5. The highest BCUT2D eigenvalue weighted by molar-refractivity contribution is 8.00. The molecule has 7 heteroatoms. The molecule has 0 fully saturated rings. The van der Waals surface area contributed by atoms with Crippen LogP contribution in [0.25, 0.3) is 21.3 Å². The molecule has 0 radical (unpaired) electrons. The number of ether oxygens (including phenoxy) is 2. The van der Waals surface area contributed by atoms with Crippen LogP contribution in [0.5, 0.6) is 11.5 Å². The first-order chi connectivity index (χ1) is 14.3. The average molecular weight is 421 g/mol. The number of nitrogens with zero attached hydrogens (tertiary/aromatic N) is 2. The van der Waals surface area contributed by atoms with Crippen LogP contribution in [0.1, 0.15) is 10.4 Å². The summed E-state index contributed by atoms with van der Waals surface area (Å²) >= 11 is 3.03. The summed E-state index contributed by atoms with van der Waals surface area (Å²) < 4.78 is 11.1. The average Bonchev–Trinajstić information content (AvgIpc) is 3.22. The predicted molar refractivity (Wildman–Crippen MR) is 115 cm³/mol. The minimum absolute atomic E-state index is 0.0234. The standard InChI is InChI=1S/C22H16N2O3S2/c25-17(15-6-7-18-19(10-15)27-9-8-26-18)12-29-22-20-16(14-4-2-1-3-5-14)11-28-21(20)23-13-24-22/h1-7,10-11,13H,8-9,12H2. The fourth-order valence-corrected chi connectivity index (χ4v) is 5.11. The van der Waals surface area contributed by atoms with Gasteiger partial charge in [0.25, 0.3) is 0 Å². The molecule has 1 aliphatic rings. The molecule has 2 aromatic heterocycles. The zero-order chi connectivity index (χ0) is 19.6. The van der Waals surface area contributed by atoms with E-state index in [1.54, 1.807) is 35.9 Å². The van der Waals surface area contributed by atoms with Gasteiger partial charge >= 0.3 is 0 Å². The lowest BCUT2D eigenvalue weighted by Crippen LogP contribution is -2.16. The number of carbonyl (C=O) groups is 1. The molecule has 0 atom stereocenters. The van der Waals surface area contributed by atoms with Gasteiger partial charge in [-0.1, -0.05) is 42.1 Å². The van der Waals surface area contributed by atoms with E-state index >= 15 is 0 Å². The first kappa shape index (κ1) is 18.1. The van der Waals surface area contributed by atoms with E-state index in [4.69, 9.17) is 9.47 Å². The second-order valence-electron chi connectivity index (χ2n) is 6.44. The number of thiophene rings is 1. The van der Waals surface area contributed by atoms with Gasteiger partial charge < -0.3 is 9.47 Å². The minimum atomic E-state index is 0.0234. The Morgan fingerprint density at radius 2 is 1.86 bits per heavy atom. The smallest absolute Gasteiger partial charge is 0.173 e. The highest BCUT2D eigenvalue weighted by Gasteiger charge is 2.17. The van der Waals surface area contributed by atoms with Crippen LogP contribution in [-0.2, 0) is 0 Å². The molecule has 0 saturated carbocycles. The van der Waals surface area contributed by atoms with Crippen molar-refractivity contribution in [3.05, 3.63) is 65.8 Å². The molecule has 0 bridgehead atoms. The van der Waals surface area contributed by atoms with Crippen LogP contribution in [-0.4, -0.2) is 34.7 Å². The van der Waals surface area contributed by atoms with Crippen LogP contribution < -0.4 is 9.47 Å². The molecule has 5 nitrogen and oxygen atoms in total. The zero-order valence-corrected chi connectivity index (χ0v) is 17.0. The fourth-order valence-electron chi connectivity index (χ4n) is 3.22. The van der Waals surface area contributed by atoms with Crippen molar-refractivity contribution in [3.63, 3.8) is 0 Å². The van der Waals surface area contributed by atoms with E-state index < -0.39 is 0 Å². The number of fused-ring (bicyclic) bond motifs is 2. The van der Waals surface area contributed by atoms with Crippen molar-refractivity contribution in [1.29, 1.82) is 0 Å². The molecule has 29 heavy (non-hydrogen) atoms. The number of thioether (sulfide) groups is 1. The van der Waals surface area contributed by atoms with Gasteiger partial charge in [0, 0.05) is 16.5 Å².